The van der Waals surface area contributed by atoms with Crippen molar-refractivity contribution in [2.75, 3.05) is 6.79 Å². The number of fused-ring (bicyclic) bond motifs is 6. The van der Waals surface area contributed by atoms with E-state index in [1.165, 1.54) is 0 Å². The minimum atomic E-state index is -0.950. The van der Waals surface area contributed by atoms with Gasteiger partial charge in [0, 0.05) is 16.7 Å². The number of rotatable bonds is 2. The maximum Gasteiger partial charge on any atom is 0.145 e. The van der Waals surface area contributed by atoms with Gasteiger partial charge in [0.1, 0.15) is 12.6 Å². The van der Waals surface area contributed by atoms with E-state index in [1.54, 1.807) is 0 Å². The molecule has 21 heavy (non-hydrogen) atoms. The van der Waals surface area contributed by atoms with E-state index in [0.717, 1.165) is 12.8 Å². The normalized spacial score (nSPS) is 59.8. The van der Waals surface area contributed by atoms with Gasteiger partial charge in [-0.2, -0.15) is 0 Å². The van der Waals surface area contributed by atoms with Gasteiger partial charge in [-0.3, -0.25) is 4.79 Å². The van der Waals surface area contributed by atoms with Crippen molar-refractivity contribution in [3.63, 3.8) is 0 Å². The molecular formula is C16H24O5. The van der Waals surface area contributed by atoms with Gasteiger partial charge in [0.05, 0.1) is 29.3 Å². The molecule has 5 nitrogen and oxygen atoms in total. The van der Waals surface area contributed by atoms with Gasteiger partial charge < -0.3 is 19.7 Å². The van der Waals surface area contributed by atoms with Crippen molar-refractivity contribution in [2.45, 2.75) is 63.9 Å². The van der Waals surface area contributed by atoms with Crippen LogP contribution in [0.4, 0.5) is 0 Å². The topological polar surface area (TPSA) is 76.0 Å². The molecule has 0 amide bonds. The largest absolute Gasteiger partial charge is 0.387 e. The van der Waals surface area contributed by atoms with E-state index in [9.17, 15) is 15.0 Å². The van der Waals surface area contributed by atoms with Crippen LogP contribution in [0.15, 0.2) is 0 Å². The lowest BCUT2D eigenvalue weighted by Crippen LogP contribution is -2.63. The second-order valence-corrected chi connectivity index (χ2v) is 8.04. The van der Waals surface area contributed by atoms with Gasteiger partial charge >= 0.3 is 0 Å². The number of Topliss-reactive ketones (excluding diaryl/α,β-unsaturated/α-hetero) is 1. The van der Waals surface area contributed by atoms with Crippen LogP contribution in [0, 0.1) is 22.7 Å². The van der Waals surface area contributed by atoms with Crippen molar-refractivity contribution >= 4 is 5.78 Å². The Morgan fingerprint density at radius 3 is 2.48 bits per heavy atom. The first-order chi connectivity index (χ1) is 9.68. The molecule has 1 spiro atoms. The minimum Gasteiger partial charge on any atom is -0.387 e. The Balaban J connectivity index is 1.89. The van der Waals surface area contributed by atoms with Crippen molar-refractivity contribution in [1.29, 1.82) is 0 Å². The van der Waals surface area contributed by atoms with Gasteiger partial charge in [0.2, 0.25) is 0 Å². The van der Waals surface area contributed by atoms with Crippen LogP contribution in [0.3, 0.4) is 0 Å². The lowest BCUT2D eigenvalue weighted by Gasteiger charge is -2.50. The average Bonchev–Trinajstić information content (AvgIpc) is 3.11. The van der Waals surface area contributed by atoms with Gasteiger partial charge in [-0.05, 0) is 26.7 Å². The van der Waals surface area contributed by atoms with E-state index in [4.69, 9.17) is 9.47 Å². The number of hydrogen-bond acceptors (Lipinski definition) is 5. The molecule has 0 aromatic carbocycles. The summed E-state index contributed by atoms with van der Waals surface area (Å²) in [4.78, 5) is 12.9. The molecule has 0 aromatic rings. The molecular weight excluding hydrogens is 272 g/mol. The summed E-state index contributed by atoms with van der Waals surface area (Å²) in [6.07, 6.45) is 0.988. The average molecular weight is 296 g/mol. The number of ether oxygens (including phenoxy) is 2. The van der Waals surface area contributed by atoms with Crippen molar-refractivity contribution in [1.82, 2.24) is 0 Å². The lowest BCUT2D eigenvalue weighted by molar-refractivity contribution is -0.165. The van der Waals surface area contributed by atoms with E-state index in [0.29, 0.717) is 0 Å². The van der Waals surface area contributed by atoms with Gasteiger partial charge in [-0.15, -0.1) is 0 Å². The Morgan fingerprint density at radius 1 is 1.33 bits per heavy atom. The quantitative estimate of drug-likeness (QED) is 0.739. The first-order valence-corrected chi connectivity index (χ1v) is 7.85. The van der Waals surface area contributed by atoms with Gasteiger partial charge in [0.25, 0.3) is 0 Å². The highest BCUT2D eigenvalue weighted by Crippen LogP contribution is 2.80. The Hall–Kier alpha value is -0.490. The zero-order chi connectivity index (χ0) is 15.4. The Kier molecular flexibility index (Phi) is 2.37. The van der Waals surface area contributed by atoms with Gasteiger partial charge in [-0.25, -0.2) is 0 Å². The smallest absolute Gasteiger partial charge is 0.145 e. The van der Waals surface area contributed by atoms with Crippen LogP contribution in [0.2, 0.25) is 0 Å². The molecule has 2 saturated heterocycles. The van der Waals surface area contributed by atoms with Crippen LogP contribution in [-0.4, -0.2) is 46.2 Å². The van der Waals surface area contributed by atoms with Crippen LogP contribution < -0.4 is 0 Å². The van der Waals surface area contributed by atoms with Crippen molar-refractivity contribution in [3.05, 3.63) is 0 Å². The highest BCUT2D eigenvalue weighted by molar-refractivity contribution is 5.90. The maximum absolute atomic E-state index is 12.9. The third-order valence-corrected chi connectivity index (χ3v) is 7.33. The van der Waals surface area contributed by atoms with E-state index in [2.05, 4.69) is 0 Å². The fraction of sp³-hybridized carbons (Fsp3) is 0.938. The van der Waals surface area contributed by atoms with Crippen LogP contribution in [-0.2, 0) is 14.3 Å². The fourth-order valence-electron chi connectivity index (χ4n) is 6.42. The Bertz CT molecular complexity index is 525. The zero-order valence-corrected chi connectivity index (χ0v) is 13.0. The maximum atomic E-state index is 12.9. The predicted molar refractivity (Wildman–Crippen MR) is 73.3 cm³/mol. The summed E-state index contributed by atoms with van der Waals surface area (Å²) in [6.45, 7) is 7.28. The lowest BCUT2D eigenvalue weighted by atomic mass is 9.53. The molecule has 4 rings (SSSR count). The molecule has 4 aliphatic rings. The van der Waals surface area contributed by atoms with E-state index >= 15 is 0 Å². The Morgan fingerprint density at radius 2 is 1.95 bits per heavy atom. The van der Waals surface area contributed by atoms with Crippen LogP contribution in [0.25, 0.3) is 0 Å². The number of hydrogen-bond donors (Lipinski definition) is 2. The Labute approximate surface area is 124 Å². The summed E-state index contributed by atoms with van der Waals surface area (Å²) in [5.41, 5.74) is -2.44. The molecule has 0 radical (unpaired) electrons. The van der Waals surface area contributed by atoms with Crippen molar-refractivity contribution < 1.29 is 24.5 Å². The van der Waals surface area contributed by atoms with Crippen molar-refractivity contribution in [3.8, 4) is 0 Å². The summed E-state index contributed by atoms with van der Waals surface area (Å²) < 4.78 is 11.8. The van der Waals surface area contributed by atoms with E-state index < -0.39 is 35.6 Å². The standard InChI is InChI=1S/C16H24O5/c1-8-9(18)10-13(2,11(8)20-7-17)12-14(3,19)16(5-6-16)15(10,4)21-12/h8,10-12,17,19H,5-7H2,1-4H3/t8-,10+,11+,12-,13+,14+,15+/m1/s1. The second kappa shape index (κ2) is 3.53. The highest BCUT2D eigenvalue weighted by Gasteiger charge is 2.89. The number of ketones is 1. The van der Waals surface area contributed by atoms with Crippen LogP contribution in [0.1, 0.15) is 40.5 Å². The number of aliphatic hydroxyl groups excluding tert-OH is 1. The third kappa shape index (κ3) is 1.14. The molecule has 5 heteroatoms. The molecule has 4 fully saturated rings. The SMILES string of the molecule is C[C@@H]1C(=O)[C@H]2[C@](C)([C@H]3O[C@]2(C)C2(CC2)[C@@]3(C)O)[C@H]1OCO. The molecule has 2 aliphatic heterocycles. The first kappa shape index (κ1) is 14.1. The molecule has 0 aromatic heterocycles. The van der Waals surface area contributed by atoms with Gasteiger partial charge in [0.15, 0.2) is 0 Å². The summed E-state index contributed by atoms with van der Waals surface area (Å²) >= 11 is 0. The summed E-state index contributed by atoms with van der Waals surface area (Å²) in [6, 6.07) is 0. The molecule has 2 heterocycles. The number of carbonyl (C=O) groups excluding carboxylic acids is 1. The van der Waals surface area contributed by atoms with Crippen LogP contribution >= 0.6 is 0 Å². The summed E-state index contributed by atoms with van der Waals surface area (Å²) in [7, 11) is 0. The van der Waals surface area contributed by atoms with Crippen molar-refractivity contribution in [2.24, 2.45) is 22.7 Å². The van der Waals surface area contributed by atoms with E-state index in [1.807, 2.05) is 27.7 Å². The minimum absolute atomic E-state index is 0.155. The number of carbonyl (C=O) groups is 1. The molecule has 2 saturated carbocycles. The fourth-order valence-corrected chi connectivity index (χ4v) is 6.42. The van der Waals surface area contributed by atoms with Gasteiger partial charge in [-0.1, -0.05) is 13.8 Å². The molecule has 118 valence electrons. The number of aliphatic hydroxyl groups is 2. The molecule has 2 bridgehead atoms. The molecule has 2 aliphatic carbocycles. The monoisotopic (exact) mass is 296 g/mol. The third-order valence-electron chi connectivity index (χ3n) is 7.33. The molecule has 0 unspecified atom stereocenters. The molecule has 2 N–H and O–H groups in total. The van der Waals surface area contributed by atoms with E-state index in [-0.39, 0.29) is 23.0 Å². The first-order valence-electron chi connectivity index (χ1n) is 7.85. The highest BCUT2D eigenvalue weighted by atomic mass is 16.6. The summed E-state index contributed by atoms with van der Waals surface area (Å²) in [5.74, 6) is -0.380. The summed E-state index contributed by atoms with van der Waals surface area (Å²) in [5, 5.41) is 20.4. The van der Waals surface area contributed by atoms with Crippen LogP contribution in [0.5, 0.6) is 0 Å². The zero-order valence-electron chi connectivity index (χ0n) is 13.0. The predicted octanol–water partition coefficient (Wildman–Crippen LogP) is 0.865. The molecule has 7 atom stereocenters. The second-order valence-electron chi connectivity index (χ2n) is 8.04.